The molecular formula is C2H5Rf3-. The second-order valence-corrected chi connectivity index (χ2v) is 0. The summed E-state index contributed by atoms with van der Waals surface area (Å²) in [6, 6.07) is 0. The van der Waals surface area contributed by atoms with Crippen LogP contribution in [-0.4, -0.2) is 0 Å². The third-order valence-corrected chi connectivity index (χ3v) is 0. The first kappa shape index (κ1) is 0.500. The summed E-state index contributed by atoms with van der Waals surface area (Å²) in [6.07, 6.45) is 0. The molecule has 0 fully saturated rings. The quantitative estimate of drug-likeness (QED) is 0.318. The van der Waals surface area contributed by atoms with Crippen LogP contribution in [0.4, 0.5) is 0 Å². The minimum absolute atomic E-state index is 0. The Kier molecular flexibility index (Phi) is 0. The van der Waals surface area contributed by atoms with Gasteiger partial charge in [0.05, 0.1) is 0 Å². The zero-order chi connectivity index (χ0) is 2.00. The van der Waals surface area contributed by atoms with Gasteiger partial charge in [-0.25, -0.2) is 0 Å². The number of rotatable bonds is 0. The largest absolute Gasteiger partial charge is 0.346 e. The molecule has 0 nitrogen and oxygen atoms in total. The van der Waals surface area contributed by atoms with Crippen LogP contribution in [0.3, 0.4) is 0 Å². The molecule has 0 aliphatic rings. The summed E-state index contributed by atoms with van der Waals surface area (Å²) in [5.41, 5.74) is 0. The molecule has 0 amide bonds. The molecule has 0 bridgehead atoms. The van der Waals surface area contributed by atoms with Gasteiger partial charge < -0.3 is 6.92 Å². The van der Waals surface area contributed by atoms with Gasteiger partial charge in [0.15, 0.2) is 0 Å². The van der Waals surface area contributed by atoms with Crippen LogP contribution in [0, 0.1) is 6.92 Å². The Bertz CT molecular complexity index is 4.85. The van der Waals surface area contributed by atoms with Crippen molar-refractivity contribution in [3.05, 3.63) is 6.92 Å². The summed E-state index contributed by atoms with van der Waals surface area (Å²) in [5.74, 6) is 0. The molecule has 0 saturated carbocycles. The molecule has 0 aromatic carbocycles. The van der Waals surface area contributed by atoms with E-state index in [1.807, 2.05) is 0 Å². The van der Waals surface area contributed by atoms with Crippen molar-refractivity contribution >= 4 is 0 Å². The molecule has 0 spiro atoms. The fourth-order valence-electron chi connectivity index (χ4n) is 0. The number of hydrogen-bond acceptors (Lipinski definition) is 0. The molecule has 0 heterocycles. The Labute approximate surface area is 15.1 Å². The van der Waals surface area contributed by atoms with E-state index in [0.717, 1.165) is 0 Å². The summed E-state index contributed by atoms with van der Waals surface area (Å²) in [5, 5.41) is 0. The molecular weight excluding hydrogens is 825 g/mol. The molecule has 0 unspecified atom stereocenters. The van der Waals surface area contributed by atoms with Gasteiger partial charge >= 0.3 is 0 Å². The topological polar surface area (TPSA) is 0 Å². The Balaban J connectivity index is -0.00000000167. The molecule has 0 N–H and O–H groups in total. The van der Waals surface area contributed by atoms with E-state index in [-0.39, 0.29) is 0 Å². The molecule has 0 atom stereocenters. The first-order valence-corrected chi connectivity index (χ1v) is 0.707. The van der Waals surface area contributed by atoms with Crippen molar-refractivity contribution in [1.29, 1.82) is 0 Å². The van der Waals surface area contributed by atoms with Crippen LogP contribution >= 0.6 is 0 Å². The zero-order valence-electron chi connectivity index (χ0n) is 3.83. The van der Waals surface area contributed by atoms with Gasteiger partial charge in [0.2, 0.25) is 0 Å². The molecule has 0 saturated heterocycles. The molecule has 0 rings (SSSR count). The van der Waals surface area contributed by atoms with Crippen LogP contribution in [0.2, 0.25) is 0 Å². The summed E-state index contributed by atoms with van der Waals surface area (Å²) in [4.78, 5) is 0. The summed E-state index contributed by atoms with van der Waals surface area (Å²) in [6.45, 7) is 5.00. The molecule has 5 heavy (non-hydrogen) atoms. The molecule has 0 aromatic heterocycles. The van der Waals surface area contributed by atoms with Gasteiger partial charge in [-0.2, -0.15) is 6.92 Å². The summed E-state index contributed by atoms with van der Waals surface area (Å²) >= 11 is 0. The molecule has 20 valence electrons. The van der Waals surface area contributed by atoms with Gasteiger partial charge in [0.25, 0.3) is 0 Å². The van der Waals surface area contributed by atoms with Crippen molar-refractivity contribution in [2.24, 2.45) is 0 Å². The van der Waals surface area contributed by atoms with Crippen LogP contribution in [0.15, 0.2) is 0 Å². The standard InChI is InChI=1S/C2H5.3Rf/c1-2;;;/h1H2,2H3;;;/q-1;;;. The van der Waals surface area contributed by atoms with E-state index in [1.54, 1.807) is 6.92 Å². The predicted octanol–water partition coefficient (Wildman–Crippen LogP) is 0.840. The van der Waals surface area contributed by atoms with Gasteiger partial charge in [-0.05, 0) is 0 Å². The predicted molar refractivity (Wildman–Crippen MR) is 11.0 cm³/mol. The van der Waals surface area contributed by atoms with E-state index in [9.17, 15) is 0 Å². The van der Waals surface area contributed by atoms with Crippen molar-refractivity contribution in [3.8, 4) is 0 Å². The van der Waals surface area contributed by atoms with Gasteiger partial charge in [0, 0.05) is 0 Å². The van der Waals surface area contributed by atoms with E-state index in [0.29, 0.717) is 0 Å². The molecule has 0 aromatic rings. The molecule has 0 radical (unpaired) electrons. The van der Waals surface area contributed by atoms with Crippen molar-refractivity contribution in [3.63, 3.8) is 0 Å². The van der Waals surface area contributed by atoms with E-state index in [4.69, 9.17) is 0 Å². The van der Waals surface area contributed by atoms with Gasteiger partial charge in [-0.1, -0.05) is 0 Å². The third kappa shape index (κ3) is 0.111. The second-order valence-electron chi connectivity index (χ2n) is 0. The monoisotopic (exact) mass is 830 g/mol. The average Bonchev–Trinajstić information content (AvgIpc) is 1.00. The Morgan fingerprint density at radius 1 is 0.800 bits per heavy atom. The summed E-state index contributed by atoms with van der Waals surface area (Å²) in [7, 11) is 0. The Hall–Kier alpha value is -3.00. The maximum absolute atomic E-state index is 3.25. The normalized spacial score (nSPS) is 1.20. The van der Waals surface area contributed by atoms with Gasteiger partial charge in [-0.3, -0.25) is 0 Å². The van der Waals surface area contributed by atoms with Crippen LogP contribution in [0.1, 0.15) is 6.92 Å². The first-order valence-electron chi connectivity index (χ1n) is 0.707. The maximum Gasteiger partial charge on any atom is 0 e. The maximum atomic E-state index is 3.25. The van der Waals surface area contributed by atoms with Crippen LogP contribution < -0.4 is 0 Å². The number of hydrogen-bond donors (Lipinski definition) is 0. The SMILES string of the molecule is [CH2-]C.[Rf].[Rf].[Rf]. The minimum Gasteiger partial charge on any atom is -0.346 e. The fraction of sp³-hybridized carbons (Fsp3) is 0.500. The van der Waals surface area contributed by atoms with E-state index in [2.05, 4.69) is 6.92 Å². The van der Waals surface area contributed by atoms with Crippen LogP contribution in [-0.2, 0) is 0 Å². The fourth-order valence-corrected chi connectivity index (χ4v) is 0. The first-order chi connectivity index (χ1) is 1.00. The Morgan fingerprint density at radius 3 is 0.800 bits per heavy atom. The second kappa shape index (κ2) is 0. The minimum atomic E-state index is 0. The average molecular weight is 830 g/mol. The van der Waals surface area contributed by atoms with E-state index >= 15 is 0 Å². The van der Waals surface area contributed by atoms with E-state index in [1.165, 1.54) is 0 Å². The third-order valence-electron chi connectivity index (χ3n) is 0. The van der Waals surface area contributed by atoms with Crippen molar-refractivity contribution in [2.45, 2.75) is 6.92 Å². The van der Waals surface area contributed by atoms with Crippen molar-refractivity contribution in [2.75, 3.05) is 0 Å². The molecule has 0 aliphatic heterocycles. The van der Waals surface area contributed by atoms with Crippen LogP contribution in [0.25, 0.3) is 0 Å². The molecule has 3 heteroatoms. The van der Waals surface area contributed by atoms with Crippen molar-refractivity contribution in [1.82, 2.24) is 0 Å². The smallest absolute Gasteiger partial charge is 0 e. The van der Waals surface area contributed by atoms with Crippen LogP contribution in [0.5, 0.6) is 0 Å². The van der Waals surface area contributed by atoms with Crippen molar-refractivity contribution < 1.29 is 0 Å². The zero-order valence-corrected chi connectivity index (χ0v) is 23.0. The van der Waals surface area contributed by atoms with Gasteiger partial charge in [-0.15, -0.1) is 0 Å². The summed E-state index contributed by atoms with van der Waals surface area (Å²) < 4.78 is 0. The molecule has 0 aliphatic carbocycles. The van der Waals surface area contributed by atoms with Gasteiger partial charge in [0.1, 0.15) is 0 Å². The van der Waals surface area contributed by atoms with E-state index < -0.39 is 0 Å². The Morgan fingerprint density at radius 2 is 0.800 bits per heavy atom.